The highest BCUT2D eigenvalue weighted by molar-refractivity contribution is 7.89. The SMILES string of the molecule is O=C(c1ccc(S(=O)(=O)N2CCCCC2)cc1)N1CCCC1. The van der Waals surface area contributed by atoms with Crippen LogP contribution in [0.1, 0.15) is 42.5 Å². The van der Waals surface area contributed by atoms with Gasteiger partial charge in [0.2, 0.25) is 10.0 Å². The van der Waals surface area contributed by atoms with E-state index in [2.05, 4.69) is 0 Å². The molecule has 1 aromatic rings. The standard InChI is InChI=1S/C16H22N2O3S/c19-16(17-10-4-5-11-17)14-6-8-15(9-7-14)22(20,21)18-12-2-1-3-13-18/h6-9H,1-5,10-13H2. The maximum Gasteiger partial charge on any atom is 0.253 e. The Morgan fingerprint density at radius 1 is 0.818 bits per heavy atom. The zero-order valence-electron chi connectivity index (χ0n) is 12.7. The molecule has 3 rings (SSSR count). The third kappa shape index (κ3) is 3.03. The zero-order valence-corrected chi connectivity index (χ0v) is 13.5. The number of likely N-dealkylation sites (tertiary alicyclic amines) is 1. The molecule has 6 heteroatoms. The second-order valence-corrected chi connectivity index (χ2v) is 7.93. The van der Waals surface area contributed by atoms with E-state index in [1.54, 1.807) is 28.6 Å². The fraction of sp³-hybridized carbons (Fsp3) is 0.562. The number of amides is 1. The molecule has 2 saturated heterocycles. The molecule has 0 unspecified atom stereocenters. The summed E-state index contributed by atoms with van der Waals surface area (Å²) in [5.41, 5.74) is 0.569. The number of piperidine rings is 1. The molecule has 2 fully saturated rings. The molecule has 0 bridgehead atoms. The number of nitrogens with zero attached hydrogens (tertiary/aromatic N) is 2. The maximum absolute atomic E-state index is 12.6. The van der Waals surface area contributed by atoms with E-state index in [1.165, 1.54) is 0 Å². The van der Waals surface area contributed by atoms with Gasteiger partial charge in [0, 0.05) is 31.7 Å². The zero-order chi connectivity index (χ0) is 15.6. The summed E-state index contributed by atoms with van der Waals surface area (Å²) in [6.07, 6.45) is 5.03. The second-order valence-electron chi connectivity index (χ2n) is 5.99. The van der Waals surface area contributed by atoms with Crippen molar-refractivity contribution in [3.8, 4) is 0 Å². The van der Waals surface area contributed by atoms with Crippen LogP contribution in [-0.4, -0.2) is 49.7 Å². The van der Waals surface area contributed by atoms with E-state index >= 15 is 0 Å². The summed E-state index contributed by atoms with van der Waals surface area (Å²) in [6, 6.07) is 6.40. The molecule has 5 nitrogen and oxygen atoms in total. The number of benzene rings is 1. The van der Waals surface area contributed by atoms with E-state index in [9.17, 15) is 13.2 Å². The van der Waals surface area contributed by atoms with Crippen molar-refractivity contribution in [2.45, 2.75) is 37.0 Å². The molecule has 2 aliphatic rings. The van der Waals surface area contributed by atoms with Gasteiger partial charge < -0.3 is 4.90 Å². The Morgan fingerprint density at radius 2 is 1.36 bits per heavy atom. The summed E-state index contributed by atoms with van der Waals surface area (Å²) in [5, 5.41) is 0. The van der Waals surface area contributed by atoms with Gasteiger partial charge in [-0.2, -0.15) is 4.31 Å². The number of rotatable bonds is 3. The monoisotopic (exact) mass is 322 g/mol. The summed E-state index contributed by atoms with van der Waals surface area (Å²) in [5.74, 6) is -0.000537. The lowest BCUT2D eigenvalue weighted by Gasteiger charge is -2.26. The highest BCUT2D eigenvalue weighted by Crippen LogP contribution is 2.21. The first-order chi connectivity index (χ1) is 10.6. The fourth-order valence-corrected chi connectivity index (χ4v) is 4.64. The van der Waals surface area contributed by atoms with Crippen molar-refractivity contribution in [1.82, 2.24) is 9.21 Å². The van der Waals surface area contributed by atoms with Crippen LogP contribution in [0.15, 0.2) is 29.2 Å². The minimum absolute atomic E-state index is 0.000537. The number of hydrogen-bond donors (Lipinski definition) is 0. The van der Waals surface area contributed by atoms with Crippen LogP contribution in [0.25, 0.3) is 0 Å². The van der Waals surface area contributed by atoms with Gasteiger partial charge in [-0.25, -0.2) is 8.42 Å². The molecular formula is C16H22N2O3S. The van der Waals surface area contributed by atoms with Gasteiger partial charge in [0.15, 0.2) is 0 Å². The molecule has 0 N–H and O–H groups in total. The summed E-state index contributed by atoms with van der Waals surface area (Å²) in [4.78, 5) is 14.4. The molecule has 1 aromatic carbocycles. The highest BCUT2D eigenvalue weighted by atomic mass is 32.2. The molecule has 1 amide bonds. The summed E-state index contributed by atoms with van der Waals surface area (Å²) < 4.78 is 26.7. The Balaban J connectivity index is 1.77. The summed E-state index contributed by atoms with van der Waals surface area (Å²) in [7, 11) is -3.42. The number of carbonyl (C=O) groups is 1. The van der Waals surface area contributed by atoms with E-state index in [0.717, 1.165) is 45.2 Å². The predicted molar refractivity (Wildman–Crippen MR) is 84.2 cm³/mol. The highest BCUT2D eigenvalue weighted by Gasteiger charge is 2.26. The molecule has 120 valence electrons. The van der Waals surface area contributed by atoms with Crippen LogP contribution in [0, 0.1) is 0 Å². The van der Waals surface area contributed by atoms with Crippen LogP contribution < -0.4 is 0 Å². The Labute approximate surface area is 132 Å². The van der Waals surface area contributed by atoms with E-state index < -0.39 is 10.0 Å². The molecule has 0 saturated carbocycles. The van der Waals surface area contributed by atoms with Gasteiger partial charge in [-0.15, -0.1) is 0 Å². The second kappa shape index (κ2) is 6.38. The number of carbonyl (C=O) groups excluding carboxylic acids is 1. The van der Waals surface area contributed by atoms with Crippen molar-refractivity contribution in [3.05, 3.63) is 29.8 Å². The van der Waals surface area contributed by atoms with E-state index in [-0.39, 0.29) is 10.8 Å². The third-order valence-electron chi connectivity index (χ3n) is 4.45. The lowest BCUT2D eigenvalue weighted by molar-refractivity contribution is 0.0792. The van der Waals surface area contributed by atoms with E-state index in [1.807, 2.05) is 4.90 Å². The first-order valence-corrected chi connectivity index (χ1v) is 9.42. The smallest absolute Gasteiger partial charge is 0.253 e. The van der Waals surface area contributed by atoms with Gasteiger partial charge in [0.05, 0.1) is 4.90 Å². The van der Waals surface area contributed by atoms with Crippen LogP contribution in [0.4, 0.5) is 0 Å². The molecule has 0 aromatic heterocycles. The van der Waals surface area contributed by atoms with Crippen molar-refractivity contribution in [2.75, 3.05) is 26.2 Å². The van der Waals surface area contributed by atoms with Crippen molar-refractivity contribution >= 4 is 15.9 Å². The molecule has 0 radical (unpaired) electrons. The van der Waals surface area contributed by atoms with Crippen LogP contribution in [-0.2, 0) is 10.0 Å². The van der Waals surface area contributed by atoms with Crippen LogP contribution in [0.5, 0.6) is 0 Å². The van der Waals surface area contributed by atoms with Gasteiger partial charge in [-0.3, -0.25) is 4.79 Å². The van der Waals surface area contributed by atoms with Crippen LogP contribution in [0.3, 0.4) is 0 Å². The predicted octanol–water partition coefficient (Wildman–Crippen LogP) is 2.10. The Morgan fingerprint density at radius 3 is 1.95 bits per heavy atom. The summed E-state index contributed by atoms with van der Waals surface area (Å²) in [6.45, 7) is 2.78. The van der Waals surface area contributed by atoms with Crippen LogP contribution >= 0.6 is 0 Å². The lowest BCUT2D eigenvalue weighted by atomic mass is 10.2. The third-order valence-corrected chi connectivity index (χ3v) is 6.36. The molecule has 0 aliphatic carbocycles. The average Bonchev–Trinajstić information content (AvgIpc) is 3.09. The quantitative estimate of drug-likeness (QED) is 0.856. The number of hydrogen-bond acceptors (Lipinski definition) is 3. The molecule has 2 heterocycles. The van der Waals surface area contributed by atoms with Crippen molar-refractivity contribution in [2.24, 2.45) is 0 Å². The molecule has 0 spiro atoms. The maximum atomic E-state index is 12.6. The summed E-state index contributed by atoms with van der Waals surface area (Å²) >= 11 is 0. The largest absolute Gasteiger partial charge is 0.339 e. The molecule has 2 aliphatic heterocycles. The van der Waals surface area contributed by atoms with Crippen molar-refractivity contribution in [3.63, 3.8) is 0 Å². The van der Waals surface area contributed by atoms with Gasteiger partial charge in [0.25, 0.3) is 5.91 Å². The van der Waals surface area contributed by atoms with Gasteiger partial charge >= 0.3 is 0 Å². The van der Waals surface area contributed by atoms with E-state index in [4.69, 9.17) is 0 Å². The Bertz CT molecular complexity index is 628. The first-order valence-electron chi connectivity index (χ1n) is 7.98. The van der Waals surface area contributed by atoms with Crippen molar-refractivity contribution in [1.29, 1.82) is 0 Å². The van der Waals surface area contributed by atoms with Gasteiger partial charge in [-0.05, 0) is 49.9 Å². The minimum atomic E-state index is -3.42. The molecule has 0 atom stereocenters. The number of sulfonamides is 1. The van der Waals surface area contributed by atoms with Crippen molar-refractivity contribution < 1.29 is 13.2 Å². The Kier molecular flexibility index (Phi) is 4.49. The topological polar surface area (TPSA) is 57.7 Å². The van der Waals surface area contributed by atoms with E-state index in [0.29, 0.717) is 18.7 Å². The van der Waals surface area contributed by atoms with Crippen LogP contribution in [0.2, 0.25) is 0 Å². The molecule has 22 heavy (non-hydrogen) atoms. The van der Waals surface area contributed by atoms with Gasteiger partial charge in [-0.1, -0.05) is 6.42 Å². The van der Waals surface area contributed by atoms with Gasteiger partial charge in [0.1, 0.15) is 0 Å². The first kappa shape index (κ1) is 15.5. The lowest BCUT2D eigenvalue weighted by Crippen LogP contribution is -2.35. The fourth-order valence-electron chi connectivity index (χ4n) is 3.13. The average molecular weight is 322 g/mol. The normalized spacial score (nSPS) is 20.3. The minimum Gasteiger partial charge on any atom is -0.339 e. The Hall–Kier alpha value is -1.40. The molecular weight excluding hydrogens is 300 g/mol.